The molecule has 5 nitrogen and oxygen atoms in total. The van der Waals surface area contributed by atoms with E-state index in [4.69, 9.17) is 0 Å². The van der Waals surface area contributed by atoms with E-state index < -0.39 is 0 Å². The Kier molecular flexibility index (Phi) is 2.91. The van der Waals surface area contributed by atoms with Gasteiger partial charge in [0.05, 0.1) is 4.92 Å². The third-order valence-electron chi connectivity index (χ3n) is 4.09. The first-order chi connectivity index (χ1) is 8.72. The van der Waals surface area contributed by atoms with E-state index in [1.54, 1.807) is 24.3 Å². The van der Waals surface area contributed by atoms with Crippen molar-refractivity contribution in [1.29, 1.82) is 0 Å². The van der Waals surface area contributed by atoms with Crippen molar-refractivity contribution in [1.82, 2.24) is 4.90 Å². The lowest BCUT2D eigenvalue weighted by Crippen LogP contribution is -2.53. The number of nitrogens with zero attached hydrogens (tertiary/aromatic N) is 2. The summed E-state index contributed by atoms with van der Waals surface area (Å²) in [4.78, 5) is 12.7. The summed E-state index contributed by atoms with van der Waals surface area (Å²) >= 11 is 0. The minimum atomic E-state index is -0.363. The van der Waals surface area contributed by atoms with Crippen molar-refractivity contribution < 1.29 is 4.92 Å². The topological polar surface area (TPSA) is 58.4 Å². The zero-order valence-corrected chi connectivity index (χ0v) is 10.2. The molecule has 0 aliphatic carbocycles. The van der Waals surface area contributed by atoms with Gasteiger partial charge in [-0.05, 0) is 44.0 Å². The Balaban J connectivity index is 1.67. The summed E-state index contributed by atoms with van der Waals surface area (Å²) in [5.41, 5.74) is 1.13. The Morgan fingerprint density at radius 1 is 1.22 bits per heavy atom. The van der Waals surface area contributed by atoms with Gasteiger partial charge in [-0.25, -0.2) is 0 Å². The molecule has 3 aliphatic rings. The van der Waals surface area contributed by atoms with Crippen molar-refractivity contribution in [3.8, 4) is 0 Å². The van der Waals surface area contributed by atoms with E-state index >= 15 is 0 Å². The highest BCUT2D eigenvalue weighted by Crippen LogP contribution is 2.30. The third kappa shape index (κ3) is 2.18. The lowest BCUT2D eigenvalue weighted by molar-refractivity contribution is -0.384. The Labute approximate surface area is 106 Å². The van der Waals surface area contributed by atoms with Crippen molar-refractivity contribution in [3.05, 3.63) is 34.4 Å². The second-order valence-electron chi connectivity index (χ2n) is 5.19. The van der Waals surface area contributed by atoms with Gasteiger partial charge in [-0.15, -0.1) is 0 Å². The SMILES string of the molecule is O=[N+]([O-])c1ccc(N[C@H]2CN3CCC2CC3)cc1. The third-order valence-corrected chi connectivity index (χ3v) is 4.09. The molecule has 2 bridgehead atoms. The van der Waals surface area contributed by atoms with Crippen LogP contribution in [0.5, 0.6) is 0 Å². The van der Waals surface area contributed by atoms with Gasteiger partial charge >= 0.3 is 0 Å². The molecule has 18 heavy (non-hydrogen) atoms. The highest BCUT2D eigenvalue weighted by atomic mass is 16.6. The van der Waals surface area contributed by atoms with Crippen molar-refractivity contribution in [2.75, 3.05) is 25.0 Å². The van der Waals surface area contributed by atoms with Gasteiger partial charge in [-0.2, -0.15) is 0 Å². The Hall–Kier alpha value is -1.62. The van der Waals surface area contributed by atoms with Gasteiger partial charge in [0.25, 0.3) is 5.69 Å². The minimum absolute atomic E-state index is 0.148. The Bertz CT molecular complexity index is 438. The largest absolute Gasteiger partial charge is 0.381 e. The first-order valence-corrected chi connectivity index (χ1v) is 6.46. The fourth-order valence-electron chi connectivity index (χ4n) is 3.02. The zero-order chi connectivity index (χ0) is 12.5. The number of nitro groups is 1. The zero-order valence-electron chi connectivity index (χ0n) is 10.2. The number of nitro benzene ring substituents is 1. The maximum atomic E-state index is 10.6. The molecule has 0 unspecified atom stereocenters. The fraction of sp³-hybridized carbons (Fsp3) is 0.538. The van der Waals surface area contributed by atoms with Crippen LogP contribution in [0.15, 0.2) is 24.3 Å². The van der Waals surface area contributed by atoms with Gasteiger partial charge in [0.1, 0.15) is 0 Å². The van der Waals surface area contributed by atoms with Gasteiger partial charge in [-0.3, -0.25) is 10.1 Å². The average molecular weight is 247 g/mol. The fourth-order valence-corrected chi connectivity index (χ4v) is 3.02. The molecule has 0 radical (unpaired) electrons. The van der Waals surface area contributed by atoms with Crippen molar-refractivity contribution in [2.45, 2.75) is 18.9 Å². The molecule has 1 aromatic carbocycles. The average Bonchev–Trinajstić information content (AvgIpc) is 2.41. The van der Waals surface area contributed by atoms with E-state index in [0.717, 1.165) is 18.2 Å². The predicted octanol–water partition coefficient (Wildman–Crippen LogP) is 2.10. The van der Waals surface area contributed by atoms with Crippen LogP contribution >= 0.6 is 0 Å². The number of benzene rings is 1. The predicted molar refractivity (Wildman–Crippen MR) is 69.7 cm³/mol. The number of hydrogen-bond donors (Lipinski definition) is 1. The highest BCUT2D eigenvalue weighted by molar-refractivity contribution is 5.49. The number of hydrogen-bond acceptors (Lipinski definition) is 4. The second kappa shape index (κ2) is 4.57. The number of non-ortho nitro benzene ring substituents is 1. The summed E-state index contributed by atoms with van der Waals surface area (Å²) in [5.74, 6) is 0.755. The summed E-state index contributed by atoms with van der Waals surface area (Å²) in [5, 5.41) is 14.1. The second-order valence-corrected chi connectivity index (χ2v) is 5.19. The molecule has 3 heterocycles. The van der Waals surface area contributed by atoms with Crippen LogP contribution in [-0.4, -0.2) is 35.5 Å². The van der Waals surface area contributed by atoms with Crippen molar-refractivity contribution in [3.63, 3.8) is 0 Å². The van der Waals surface area contributed by atoms with Crippen LogP contribution in [0.1, 0.15) is 12.8 Å². The molecule has 0 saturated carbocycles. The first kappa shape index (κ1) is 11.5. The molecule has 0 aromatic heterocycles. The number of rotatable bonds is 3. The highest BCUT2D eigenvalue weighted by Gasteiger charge is 2.33. The van der Waals surface area contributed by atoms with E-state index in [1.807, 2.05) is 0 Å². The van der Waals surface area contributed by atoms with Crippen LogP contribution in [-0.2, 0) is 0 Å². The summed E-state index contributed by atoms with van der Waals surface area (Å²) in [6.07, 6.45) is 2.54. The van der Waals surface area contributed by atoms with Crippen molar-refractivity contribution >= 4 is 11.4 Å². The van der Waals surface area contributed by atoms with Crippen LogP contribution in [0, 0.1) is 16.0 Å². The standard InChI is InChI=1S/C13H17N3O2/c17-16(18)12-3-1-11(2-4-12)14-13-9-15-7-5-10(13)6-8-15/h1-4,10,13-14H,5-9H2/t13-/m0/s1. The van der Waals surface area contributed by atoms with Gasteiger partial charge < -0.3 is 10.2 Å². The molecule has 1 aromatic rings. The number of fused-ring (bicyclic) bond motifs is 3. The maximum absolute atomic E-state index is 10.6. The molecule has 3 fully saturated rings. The summed E-state index contributed by atoms with van der Waals surface area (Å²) in [6, 6.07) is 7.22. The van der Waals surface area contributed by atoms with Crippen LogP contribution in [0.3, 0.4) is 0 Å². The molecular formula is C13H17N3O2. The van der Waals surface area contributed by atoms with Gasteiger partial charge in [0.2, 0.25) is 0 Å². The van der Waals surface area contributed by atoms with E-state index in [9.17, 15) is 10.1 Å². The molecule has 1 atom stereocenters. The van der Waals surface area contributed by atoms with Crippen molar-refractivity contribution in [2.24, 2.45) is 5.92 Å². The molecule has 1 N–H and O–H groups in total. The number of anilines is 1. The minimum Gasteiger partial charge on any atom is -0.381 e. The summed E-state index contributed by atoms with van der Waals surface area (Å²) < 4.78 is 0. The molecule has 0 spiro atoms. The van der Waals surface area contributed by atoms with Gasteiger partial charge in [-0.1, -0.05) is 0 Å². The molecule has 5 heteroatoms. The van der Waals surface area contributed by atoms with E-state index in [1.165, 1.54) is 25.9 Å². The van der Waals surface area contributed by atoms with Crippen LogP contribution in [0.2, 0.25) is 0 Å². The van der Waals surface area contributed by atoms with E-state index in [0.29, 0.717) is 6.04 Å². The van der Waals surface area contributed by atoms with Gasteiger partial charge in [0.15, 0.2) is 0 Å². The smallest absolute Gasteiger partial charge is 0.269 e. The van der Waals surface area contributed by atoms with E-state index in [2.05, 4.69) is 10.2 Å². The number of piperidine rings is 3. The lowest BCUT2D eigenvalue weighted by atomic mass is 9.84. The molecular weight excluding hydrogens is 230 g/mol. The first-order valence-electron chi connectivity index (χ1n) is 6.46. The normalized spacial score (nSPS) is 30.1. The molecule has 3 saturated heterocycles. The monoisotopic (exact) mass is 247 g/mol. The molecule has 4 rings (SSSR count). The lowest BCUT2D eigenvalue weighted by Gasteiger charge is -2.45. The molecule has 3 aliphatic heterocycles. The van der Waals surface area contributed by atoms with Crippen LogP contribution < -0.4 is 5.32 Å². The Morgan fingerprint density at radius 2 is 1.89 bits per heavy atom. The van der Waals surface area contributed by atoms with Gasteiger partial charge in [0, 0.05) is 30.4 Å². The van der Waals surface area contributed by atoms with Crippen LogP contribution in [0.4, 0.5) is 11.4 Å². The molecule has 0 amide bonds. The summed E-state index contributed by atoms with van der Waals surface area (Å²) in [6.45, 7) is 3.55. The summed E-state index contributed by atoms with van der Waals surface area (Å²) in [7, 11) is 0. The maximum Gasteiger partial charge on any atom is 0.269 e. The molecule has 96 valence electrons. The van der Waals surface area contributed by atoms with Crippen LogP contribution in [0.25, 0.3) is 0 Å². The Morgan fingerprint density at radius 3 is 2.39 bits per heavy atom. The van der Waals surface area contributed by atoms with E-state index in [-0.39, 0.29) is 10.6 Å². The number of nitrogens with one attached hydrogen (secondary N) is 1. The quantitative estimate of drug-likeness (QED) is 0.656.